The monoisotopic (exact) mass is 251 g/mol. The van der Waals surface area contributed by atoms with E-state index in [9.17, 15) is 14.3 Å². The quantitative estimate of drug-likeness (QED) is 0.863. The fourth-order valence-corrected chi connectivity index (χ4v) is 2.95. The van der Waals surface area contributed by atoms with E-state index in [1.54, 1.807) is 12.1 Å². The van der Waals surface area contributed by atoms with Crippen molar-refractivity contribution < 1.29 is 14.3 Å². The number of aliphatic carboxylic acids is 1. The van der Waals surface area contributed by atoms with E-state index in [2.05, 4.69) is 5.32 Å². The van der Waals surface area contributed by atoms with Crippen LogP contribution in [0.15, 0.2) is 24.3 Å². The molecule has 2 N–H and O–H groups in total. The molecule has 0 saturated heterocycles. The highest BCUT2D eigenvalue weighted by atomic mass is 19.1. The minimum Gasteiger partial charge on any atom is -0.479 e. The molecule has 1 aliphatic carbocycles. The second-order valence-electron chi connectivity index (χ2n) is 4.91. The molecule has 4 heteroatoms. The number of carboxylic acid groups (broad SMARTS) is 1. The van der Waals surface area contributed by atoms with Gasteiger partial charge in [0, 0.05) is 5.69 Å². The highest BCUT2D eigenvalue weighted by molar-refractivity contribution is 5.83. The molecule has 0 amide bonds. The maximum absolute atomic E-state index is 13.2. The Morgan fingerprint density at radius 1 is 1.61 bits per heavy atom. The lowest BCUT2D eigenvalue weighted by Crippen LogP contribution is -2.49. The van der Waals surface area contributed by atoms with Gasteiger partial charge in [-0.2, -0.15) is 0 Å². The summed E-state index contributed by atoms with van der Waals surface area (Å²) in [7, 11) is 0. The number of anilines is 1. The molecule has 1 aliphatic rings. The van der Waals surface area contributed by atoms with Gasteiger partial charge in [0.1, 0.15) is 11.4 Å². The number of hydrogen-bond acceptors (Lipinski definition) is 2. The minimum atomic E-state index is -0.942. The summed E-state index contributed by atoms with van der Waals surface area (Å²) in [6.45, 7) is 2.00. The van der Waals surface area contributed by atoms with E-state index >= 15 is 0 Å². The third-order valence-corrected chi connectivity index (χ3v) is 3.89. The van der Waals surface area contributed by atoms with Crippen molar-refractivity contribution in [3.63, 3.8) is 0 Å². The van der Waals surface area contributed by atoms with Crippen LogP contribution in [0.3, 0.4) is 0 Å². The van der Waals surface area contributed by atoms with E-state index in [0.717, 1.165) is 19.3 Å². The molecule has 2 rings (SSSR count). The van der Waals surface area contributed by atoms with Gasteiger partial charge in [-0.1, -0.05) is 25.8 Å². The Kier molecular flexibility index (Phi) is 3.55. The number of hydrogen-bond donors (Lipinski definition) is 2. The zero-order chi connectivity index (χ0) is 13.2. The van der Waals surface area contributed by atoms with Gasteiger partial charge in [-0.05, 0) is 37.0 Å². The molecule has 98 valence electrons. The first-order chi connectivity index (χ1) is 8.58. The van der Waals surface area contributed by atoms with Crippen LogP contribution >= 0.6 is 0 Å². The molecule has 3 nitrogen and oxygen atoms in total. The molecule has 0 bridgehead atoms. The van der Waals surface area contributed by atoms with Crippen molar-refractivity contribution in [2.75, 3.05) is 5.32 Å². The van der Waals surface area contributed by atoms with Crippen LogP contribution in [0.4, 0.5) is 10.1 Å². The van der Waals surface area contributed by atoms with Gasteiger partial charge < -0.3 is 10.4 Å². The maximum Gasteiger partial charge on any atom is 0.329 e. The van der Waals surface area contributed by atoms with Gasteiger partial charge in [-0.15, -0.1) is 0 Å². The predicted octanol–water partition coefficient (Wildman–Crippen LogP) is 3.27. The first kappa shape index (κ1) is 12.9. The van der Waals surface area contributed by atoms with Crippen molar-refractivity contribution in [2.45, 2.75) is 38.1 Å². The van der Waals surface area contributed by atoms with Gasteiger partial charge >= 0.3 is 5.97 Å². The summed E-state index contributed by atoms with van der Waals surface area (Å²) >= 11 is 0. The lowest BCUT2D eigenvalue weighted by Gasteiger charge is -2.33. The Balaban J connectivity index is 2.29. The Hall–Kier alpha value is -1.58. The van der Waals surface area contributed by atoms with Crippen LogP contribution in [-0.4, -0.2) is 16.6 Å². The molecule has 0 heterocycles. The Morgan fingerprint density at radius 3 is 3.00 bits per heavy atom. The average molecular weight is 251 g/mol. The number of benzene rings is 1. The standard InChI is InChI=1S/C14H18FNO2/c1-2-10-5-4-8-14(10,13(17)18)16-12-7-3-6-11(15)9-12/h3,6-7,9-10,16H,2,4-5,8H2,1H3,(H,17,18). The van der Waals surface area contributed by atoms with E-state index in [4.69, 9.17) is 0 Å². The molecule has 1 aromatic carbocycles. The summed E-state index contributed by atoms with van der Waals surface area (Å²) < 4.78 is 13.2. The van der Waals surface area contributed by atoms with Crippen LogP contribution in [0, 0.1) is 11.7 Å². The topological polar surface area (TPSA) is 49.3 Å². The van der Waals surface area contributed by atoms with Crippen LogP contribution in [-0.2, 0) is 4.79 Å². The number of halogens is 1. The van der Waals surface area contributed by atoms with Crippen LogP contribution in [0.1, 0.15) is 32.6 Å². The Labute approximate surface area is 106 Å². The van der Waals surface area contributed by atoms with Gasteiger partial charge in [-0.3, -0.25) is 0 Å². The first-order valence-corrected chi connectivity index (χ1v) is 6.35. The SMILES string of the molecule is CCC1CCCC1(Nc1cccc(F)c1)C(=O)O. The summed E-state index contributed by atoms with van der Waals surface area (Å²) in [6, 6.07) is 5.99. The van der Waals surface area contributed by atoms with E-state index in [1.165, 1.54) is 12.1 Å². The summed E-state index contributed by atoms with van der Waals surface area (Å²) in [5.74, 6) is -1.10. The summed E-state index contributed by atoms with van der Waals surface area (Å²) in [4.78, 5) is 11.6. The van der Waals surface area contributed by atoms with Gasteiger partial charge in [-0.25, -0.2) is 9.18 Å². The van der Waals surface area contributed by atoms with E-state index < -0.39 is 11.5 Å². The normalized spacial score (nSPS) is 27.1. The fourth-order valence-electron chi connectivity index (χ4n) is 2.95. The predicted molar refractivity (Wildman–Crippen MR) is 68.0 cm³/mol. The molecule has 1 saturated carbocycles. The molecule has 0 aliphatic heterocycles. The van der Waals surface area contributed by atoms with E-state index in [1.807, 2.05) is 6.92 Å². The van der Waals surface area contributed by atoms with Crippen molar-refractivity contribution in [1.29, 1.82) is 0 Å². The second-order valence-corrected chi connectivity index (χ2v) is 4.91. The fraction of sp³-hybridized carbons (Fsp3) is 0.500. The van der Waals surface area contributed by atoms with Crippen molar-refractivity contribution in [3.05, 3.63) is 30.1 Å². The highest BCUT2D eigenvalue weighted by Crippen LogP contribution is 2.40. The van der Waals surface area contributed by atoms with Crippen molar-refractivity contribution >= 4 is 11.7 Å². The van der Waals surface area contributed by atoms with E-state index in [0.29, 0.717) is 12.1 Å². The van der Waals surface area contributed by atoms with E-state index in [-0.39, 0.29) is 11.7 Å². The summed E-state index contributed by atoms with van der Waals surface area (Å²) in [5, 5.41) is 12.6. The molecule has 1 fully saturated rings. The second kappa shape index (κ2) is 4.96. The zero-order valence-corrected chi connectivity index (χ0v) is 10.4. The third kappa shape index (κ3) is 2.19. The number of carboxylic acids is 1. The Morgan fingerprint density at radius 2 is 2.39 bits per heavy atom. The average Bonchev–Trinajstić information content (AvgIpc) is 2.73. The van der Waals surface area contributed by atoms with Gasteiger partial charge in [0.2, 0.25) is 0 Å². The lowest BCUT2D eigenvalue weighted by molar-refractivity contribution is -0.143. The molecule has 1 aromatic rings. The molecule has 0 aromatic heterocycles. The molecular weight excluding hydrogens is 233 g/mol. The molecular formula is C14H18FNO2. The van der Waals surface area contributed by atoms with Gasteiger partial charge in [0.05, 0.1) is 0 Å². The van der Waals surface area contributed by atoms with Crippen molar-refractivity contribution in [2.24, 2.45) is 5.92 Å². The molecule has 18 heavy (non-hydrogen) atoms. The molecule has 2 unspecified atom stereocenters. The molecule has 0 spiro atoms. The van der Waals surface area contributed by atoms with Crippen LogP contribution < -0.4 is 5.32 Å². The van der Waals surface area contributed by atoms with Crippen molar-refractivity contribution in [1.82, 2.24) is 0 Å². The third-order valence-electron chi connectivity index (χ3n) is 3.89. The van der Waals surface area contributed by atoms with Gasteiger partial charge in [0.25, 0.3) is 0 Å². The molecule has 2 atom stereocenters. The molecule has 0 radical (unpaired) electrons. The minimum absolute atomic E-state index is 0.0956. The summed E-state index contributed by atoms with van der Waals surface area (Å²) in [5.41, 5.74) is -0.402. The van der Waals surface area contributed by atoms with Crippen LogP contribution in [0.25, 0.3) is 0 Å². The van der Waals surface area contributed by atoms with Crippen LogP contribution in [0.5, 0.6) is 0 Å². The number of rotatable bonds is 4. The largest absolute Gasteiger partial charge is 0.479 e. The highest BCUT2D eigenvalue weighted by Gasteiger charge is 2.48. The van der Waals surface area contributed by atoms with Crippen molar-refractivity contribution in [3.8, 4) is 0 Å². The number of carbonyl (C=O) groups is 1. The zero-order valence-electron chi connectivity index (χ0n) is 10.4. The maximum atomic E-state index is 13.2. The van der Waals surface area contributed by atoms with Gasteiger partial charge in [0.15, 0.2) is 0 Å². The Bertz CT molecular complexity index is 449. The smallest absolute Gasteiger partial charge is 0.329 e. The summed E-state index contributed by atoms with van der Waals surface area (Å²) in [6.07, 6.45) is 3.21. The number of nitrogens with one attached hydrogen (secondary N) is 1. The lowest BCUT2D eigenvalue weighted by atomic mass is 9.85. The van der Waals surface area contributed by atoms with Crippen LogP contribution in [0.2, 0.25) is 0 Å². The first-order valence-electron chi connectivity index (χ1n) is 6.35.